The van der Waals surface area contributed by atoms with Crippen molar-refractivity contribution in [2.75, 3.05) is 13.6 Å². The number of thiophene rings is 1. The van der Waals surface area contributed by atoms with E-state index in [1.54, 1.807) is 11.3 Å². The summed E-state index contributed by atoms with van der Waals surface area (Å²) in [7, 11) is 2.14. The van der Waals surface area contributed by atoms with E-state index >= 15 is 0 Å². The molecule has 0 amide bonds. The SMILES string of the molecule is CC(C)C(N)CCN(C)C(C)c1ccc(Cl)s1. The molecule has 2 nitrogen and oxygen atoms in total. The fourth-order valence-electron chi connectivity index (χ4n) is 1.65. The highest BCUT2D eigenvalue weighted by atomic mass is 35.5. The van der Waals surface area contributed by atoms with E-state index in [0.29, 0.717) is 12.0 Å². The van der Waals surface area contributed by atoms with Gasteiger partial charge in [0.1, 0.15) is 0 Å². The van der Waals surface area contributed by atoms with Crippen LogP contribution < -0.4 is 5.73 Å². The number of hydrogen-bond acceptors (Lipinski definition) is 3. The van der Waals surface area contributed by atoms with Crippen molar-refractivity contribution in [3.63, 3.8) is 0 Å². The molecule has 0 aromatic carbocycles. The molecule has 0 aliphatic heterocycles. The van der Waals surface area contributed by atoms with E-state index in [4.69, 9.17) is 17.3 Å². The summed E-state index contributed by atoms with van der Waals surface area (Å²) in [6.45, 7) is 7.58. The summed E-state index contributed by atoms with van der Waals surface area (Å²) in [5, 5.41) is 0. The van der Waals surface area contributed by atoms with E-state index in [2.05, 4.69) is 38.8 Å². The highest BCUT2D eigenvalue weighted by Gasteiger charge is 2.15. The smallest absolute Gasteiger partial charge is 0.0931 e. The molecule has 0 fully saturated rings. The van der Waals surface area contributed by atoms with Crippen LogP contribution in [0.25, 0.3) is 0 Å². The molecule has 1 aromatic heterocycles. The molecular formula is C13H23ClN2S. The van der Waals surface area contributed by atoms with E-state index in [1.807, 2.05) is 6.07 Å². The van der Waals surface area contributed by atoms with Crippen molar-refractivity contribution in [2.24, 2.45) is 11.7 Å². The summed E-state index contributed by atoms with van der Waals surface area (Å²) in [6, 6.07) is 4.77. The van der Waals surface area contributed by atoms with E-state index in [0.717, 1.165) is 17.3 Å². The monoisotopic (exact) mass is 274 g/mol. The normalized spacial score (nSPS) is 15.5. The van der Waals surface area contributed by atoms with E-state index in [9.17, 15) is 0 Å². The molecule has 0 saturated heterocycles. The third-order valence-corrected chi connectivity index (χ3v) is 4.74. The van der Waals surface area contributed by atoms with Gasteiger partial charge in [0.05, 0.1) is 4.34 Å². The van der Waals surface area contributed by atoms with Crippen molar-refractivity contribution < 1.29 is 0 Å². The highest BCUT2D eigenvalue weighted by Crippen LogP contribution is 2.29. The van der Waals surface area contributed by atoms with Gasteiger partial charge in [0.25, 0.3) is 0 Å². The zero-order chi connectivity index (χ0) is 13.0. The molecule has 1 rings (SSSR count). The minimum Gasteiger partial charge on any atom is -0.327 e. The van der Waals surface area contributed by atoms with Crippen LogP contribution in [0.15, 0.2) is 12.1 Å². The standard InChI is InChI=1S/C13H23ClN2S/c1-9(2)11(15)7-8-16(4)10(3)12-5-6-13(14)17-12/h5-6,9-11H,7-8,15H2,1-4H3. The first-order valence-corrected chi connectivity index (χ1v) is 7.32. The Balaban J connectivity index is 2.45. The minimum atomic E-state index is 0.288. The lowest BCUT2D eigenvalue weighted by Crippen LogP contribution is -2.32. The van der Waals surface area contributed by atoms with Gasteiger partial charge in [-0.15, -0.1) is 11.3 Å². The predicted octanol–water partition coefficient (Wildman–Crippen LogP) is 3.77. The molecule has 0 saturated carbocycles. The average Bonchev–Trinajstić information content (AvgIpc) is 2.70. The molecule has 17 heavy (non-hydrogen) atoms. The molecule has 0 bridgehead atoms. The van der Waals surface area contributed by atoms with Crippen LogP contribution in [0.2, 0.25) is 4.34 Å². The number of nitrogens with two attached hydrogens (primary N) is 1. The second kappa shape index (κ2) is 6.74. The molecule has 98 valence electrons. The number of rotatable bonds is 6. The third-order valence-electron chi connectivity index (χ3n) is 3.34. The van der Waals surface area contributed by atoms with E-state index in [1.165, 1.54) is 4.88 Å². The largest absolute Gasteiger partial charge is 0.327 e. The topological polar surface area (TPSA) is 29.3 Å². The Morgan fingerprint density at radius 2 is 2.00 bits per heavy atom. The molecule has 0 radical (unpaired) electrons. The minimum absolute atomic E-state index is 0.288. The fourth-order valence-corrected chi connectivity index (χ4v) is 2.83. The molecular weight excluding hydrogens is 252 g/mol. The maximum atomic E-state index is 6.06. The first-order chi connectivity index (χ1) is 7.91. The third kappa shape index (κ3) is 4.59. The van der Waals surface area contributed by atoms with Crippen LogP contribution in [0.3, 0.4) is 0 Å². The van der Waals surface area contributed by atoms with Crippen LogP contribution in [0.1, 0.15) is 38.1 Å². The Labute approximate surface area is 114 Å². The van der Waals surface area contributed by atoms with Gasteiger partial charge in [-0.3, -0.25) is 4.90 Å². The molecule has 0 aliphatic rings. The van der Waals surface area contributed by atoms with Gasteiger partial charge in [0, 0.05) is 17.0 Å². The lowest BCUT2D eigenvalue weighted by atomic mass is 10.0. The van der Waals surface area contributed by atoms with Gasteiger partial charge in [-0.25, -0.2) is 0 Å². The van der Waals surface area contributed by atoms with Crippen LogP contribution in [0, 0.1) is 5.92 Å². The zero-order valence-corrected chi connectivity index (χ0v) is 12.7. The van der Waals surface area contributed by atoms with E-state index < -0.39 is 0 Å². The molecule has 2 unspecified atom stereocenters. The summed E-state index contributed by atoms with van der Waals surface area (Å²) in [5.74, 6) is 0.551. The van der Waals surface area contributed by atoms with Gasteiger partial charge >= 0.3 is 0 Å². The molecule has 1 heterocycles. The predicted molar refractivity (Wildman–Crippen MR) is 77.8 cm³/mol. The van der Waals surface area contributed by atoms with Crippen molar-refractivity contribution in [1.82, 2.24) is 4.90 Å². The summed E-state index contributed by atoms with van der Waals surface area (Å²) < 4.78 is 0.860. The Bertz CT molecular complexity index is 338. The van der Waals surface area contributed by atoms with Gasteiger partial charge in [-0.2, -0.15) is 0 Å². The van der Waals surface area contributed by atoms with Crippen molar-refractivity contribution in [3.05, 3.63) is 21.3 Å². The van der Waals surface area contributed by atoms with Gasteiger partial charge in [-0.05, 0) is 45.0 Å². The molecule has 4 heteroatoms. The van der Waals surface area contributed by atoms with Crippen LogP contribution in [0.4, 0.5) is 0 Å². The van der Waals surface area contributed by atoms with Crippen LogP contribution in [0.5, 0.6) is 0 Å². The van der Waals surface area contributed by atoms with Crippen molar-refractivity contribution in [3.8, 4) is 0 Å². The zero-order valence-electron chi connectivity index (χ0n) is 11.1. The number of halogens is 1. The quantitative estimate of drug-likeness (QED) is 0.856. The lowest BCUT2D eigenvalue weighted by molar-refractivity contribution is 0.246. The number of hydrogen-bond donors (Lipinski definition) is 1. The first-order valence-electron chi connectivity index (χ1n) is 6.13. The molecule has 0 spiro atoms. The van der Waals surface area contributed by atoms with Gasteiger partial charge in [0.15, 0.2) is 0 Å². The van der Waals surface area contributed by atoms with Crippen LogP contribution in [-0.2, 0) is 0 Å². The maximum absolute atomic E-state index is 6.06. The second-order valence-corrected chi connectivity index (χ2v) is 6.74. The summed E-state index contributed by atoms with van der Waals surface area (Å²) >= 11 is 7.62. The fraction of sp³-hybridized carbons (Fsp3) is 0.692. The van der Waals surface area contributed by atoms with Gasteiger partial charge < -0.3 is 5.73 Å². The molecule has 2 atom stereocenters. The Morgan fingerprint density at radius 3 is 2.47 bits per heavy atom. The van der Waals surface area contributed by atoms with Crippen LogP contribution in [-0.4, -0.2) is 24.5 Å². The Hall–Kier alpha value is -0.0900. The highest BCUT2D eigenvalue weighted by molar-refractivity contribution is 7.16. The van der Waals surface area contributed by atoms with E-state index in [-0.39, 0.29) is 6.04 Å². The van der Waals surface area contributed by atoms with Crippen molar-refractivity contribution in [2.45, 2.75) is 39.3 Å². The second-order valence-electron chi connectivity index (χ2n) is 5.00. The summed E-state index contributed by atoms with van der Waals surface area (Å²) in [4.78, 5) is 3.65. The first kappa shape index (κ1) is 15.0. The summed E-state index contributed by atoms with van der Waals surface area (Å²) in [6.07, 6.45) is 1.04. The van der Waals surface area contributed by atoms with Gasteiger partial charge in [-0.1, -0.05) is 25.4 Å². The Morgan fingerprint density at radius 1 is 1.35 bits per heavy atom. The van der Waals surface area contributed by atoms with Crippen molar-refractivity contribution >= 4 is 22.9 Å². The molecule has 1 aromatic rings. The molecule has 2 N–H and O–H groups in total. The number of nitrogens with zero attached hydrogens (tertiary/aromatic N) is 1. The van der Waals surface area contributed by atoms with Crippen molar-refractivity contribution in [1.29, 1.82) is 0 Å². The van der Waals surface area contributed by atoms with Gasteiger partial charge in [0.2, 0.25) is 0 Å². The summed E-state index contributed by atoms with van der Waals surface area (Å²) in [5.41, 5.74) is 6.06. The molecule has 0 aliphatic carbocycles. The van der Waals surface area contributed by atoms with Crippen LogP contribution >= 0.6 is 22.9 Å². The maximum Gasteiger partial charge on any atom is 0.0931 e. The Kier molecular flexibility index (Phi) is 5.93. The average molecular weight is 275 g/mol. The lowest BCUT2D eigenvalue weighted by Gasteiger charge is -2.26.